The fourth-order valence-corrected chi connectivity index (χ4v) is 3.58. The standard InChI is InChI=1S/C22H44N6.HI/c1-22(2)18-27-21(28-19-22)24-15-12-10-8-6-4-3-5-7-9-11-14-23-20-25-16-13-17-26-20;/h3-19H2,1-2H3,(H2,23,25,26)(H2,24,27,28);1H. The maximum Gasteiger partial charge on any atom is 0.191 e. The van der Waals surface area contributed by atoms with E-state index in [0.717, 1.165) is 57.6 Å². The summed E-state index contributed by atoms with van der Waals surface area (Å²) in [6.07, 6.45) is 14.6. The molecule has 2 heterocycles. The van der Waals surface area contributed by atoms with E-state index in [2.05, 4.69) is 45.1 Å². The second-order valence-electron chi connectivity index (χ2n) is 9.08. The van der Waals surface area contributed by atoms with E-state index in [4.69, 9.17) is 0 Å². The monoisotopic (exact) mass is 520 g/mol. The molecule has 0 aromatic rings. The van der Waals surface area contributed by atoms with E-state index < -0.39 is 0 Å². The molecule has 0 atom stereocenters. The summed E-state index contributed by atoms with van der Waals surface area (Å²) in [6, 6.07) is 0. The van der Waals surface area contributed by atoms with Gasteiger partial charge >= 0.3 is 0 Å². The predicted octanol–water partition coefficient (Wildman–Crippen LogP) is 4.02. The molecular weight excluding hydrogens is 475 g/mol. The summed E-state index contributed by atoms with van der Waals surface area (Å²) in [4.78, 5) is 9.02. The van der Waals surface area contributed by atoms with Gasteiger partial charge in [-0.05, 0) is 19.3 Å². The molecule has 170 valence electrons. The molecule has 6 nitrogen and oxygen atoms in total. The highest BCUT2D eigenvalue weighted by molar-refractivity contribution is 14.0. The first-order chi connectivity index (χ1) is 13.7. The van der Waals surface area contributed by atoms with Crippen LogP contribution in [0.25, 0.3) is 0 Å². The molecule has 2 aliphatic rings. The third kappa shape index (κ3) is 13.2. The van der Waals surface area contributed by atoms with Gasteiger partial charge in [0.2, 0.25) is 0 Å². The van der Waals surface area contributed by atoms with Crippen molar-refractivity contribution in [1.82, 2.24) is 21.3 Å². The summed E-state index contributed by atoms with van der Waals surface area (Å²) in [6.45, 7) is 10.6. The van der Waals surface area contributed by atoms with E-state index in [1.165, 1.54) is 64.2 Å². The average Bonchev–Trinajstić information content (AvgIpc) is 2.70. The molecular formula is C22H45IN6. The van der Waals surface area contributed by atoms with Gasteiger partial charge in [-0.1, -0.05) is 65.2 Å². The minimum absolute atomic E-state index is 0. The minimum atomic E-state index is 0. The number of rotatable bonds is 13. The van der Waals surface area contributed by atoms with Crippen molar-refractivity contribution in [2.75, 3.05) is 39.3 Å². The Labute approximate surface area is 196 Å². The van der Waals surface area contributed by atoms with Gasteiger partial charge in [0, 0.05) is 44.7 Å². The molecule has 0 spiro atoms. The molecule has 2 rings (SSSR count). The quantitative estimate of drug-likeness (QED) is 0.219. The highest BCUT2D eigenvalue weighted by Gasteiger charge is 2.21. The second kappa shape index (κ2) is 16.0. The lowest BCUT2D eigenvalue weighted by Crippen LogP contribution is -2.47. The van der Waals surface area contributed by atoms with Crippen molar-refractivity contribution in [1.29, 1.82) is 0 Å². The Hall–Kier alpha value is -0.730. The van der Waals surface area contributed by atoms with Gasteiger partial charge < -0.3 is 21.3 Å². The Morgan fingerprint density at radius 2 is 1.28 bits per heavy atom. The first-order valence-corrected chi connectivity index (χ1v) is 11.7. The van der Waals surface area contributed by atoms with Gasteiger partial charge in [0.1, 0.15) is 0 Å². The lowest BCUT2D eigenvalue weighted by molar-refractivity contribution is 0.358. The zero-order valence-corrected chi connectivity index (χ0v) is 21.2. The summed E-state index contributed by atoms with van der Waals surface area (Å²) < 4.78 is 0. The van der Waals surface area contributed by atoms with Crippen molar-refractivity contribution in [2.24, 2.45) is 15.4 Å². The van der Waals surface area contributed by atoms with Crippen molar-refractivity contribution in [3.05, 3.63) is 0 Å². The lowest BCUT2D eigenvalue weighted by Gasteiger charge is -2.29. The molecule has 0 aromatic heterocycles. The average molecular weight is 521 g/mol. The molecule has 7 heteroatoms. The fourth-order valence-electron chi connectivity index (χ4n) is 3.58. The third-order valence-electron chi connectivity index (χ3n) is 5.49. The van der Waals surface area contributed by atoms with Crippen LogP contribution >= 0.6 is 24.0 Å². The topological polar surface area (TPSA) is 72.8 Å². The second-order valence-corrected chi connectivity index (χ2v) is 9.08. The van der Waals surface area contributed by atoms with Gasteiger partial charge in [-0.2, -0.15) is 0 Å². The Bertz CT molecular complexity index is 478. The summed E-state index contributed by atoms with van der Waals surface area (Å²) in [7, 11) is 0. The smallest absolute Gasteiger partial charge is 0.191 e. The molecule has 0 amide bonds. The molecule has 0 saturated carbocycles. The van der Waals surface area contributed by atoms with Crippen molar-refractivity contribution in [2.45, 2.75) is 84.5 Å². The maximum atomic E-state index is 4.58. The van der Waals surface area contributed by atoms with Crippen LogP contribution in [0.1, 0.15) is 84.5 Å². The number of nitrogens with one attached hydrogen (secondary N) is 4. The number of unbranched alkanes of at least 4 members (excludes halogenated alkanes) is 9. The zero-order chi connectivity index (χ0) is 19.9. The van der Waals surface area contributed by atoms with Crippen LogP contribution in [0.15, 0.2) is 9.98 Å². The maximum absolute atomic E-state index is 4.58. The van der Waals surface area contributed by atoms with Gasteiger partial charge in [-0.25, -0.2) is 0 Å². The molecule has 0 saturated heterocycles. The van der Waals surface area contributed by atoms with E-state index in [1.54, 1.807) is 0 Å². The van der Waals surface area contributed by atoms with Gasteiger partial charge in [0.25, 0.3) is 0 Å². The summed E-state index contributed by atoms with van der Waals surface area (Å²) in [5.74, 6) is 2.01. The predicted molar refractivity (Wildman–Crippen MR) is 137 cm³/mol. The molecule has 29 heavy (non-hydrogen) atoms. The van der Waals surface area contributed by atoms with Crippen LogP contribution in [0.2, 0.25) is 0 Å². The number of aliphatic imine (C=N–C) groups is 2. The van der Waals surface area contributed by atoms with Crippen molar-refractivity contribution < 1.29 is 0 Å². The van der Waals surface area contributed by atoms with Crippen LogP contribution in [0, 0.1) is 5.41 Å². The van der Waals surface area contributed by atoms with E-state index in [0.29, 0.717) is 5.41 Å². The summed E-state index contributed by atoms with van der Waals surface area (Å²) in [5, 5.41) is 13.5. The Balaban J connectivity index is 0.00000420. The van der Waals surface area contributed by atoms with Gasteiger partial charge in [0.05, 0.1) is 0 Å². The van der Waals surface area contributed by atoms with E-state index in [9.17, 15) is 0 Å². The van der Waals surface area contributed by atoms with Crippen molar-refractivity contribution in [3.8, 4) is 0 Å². The minimum Gasteiger partial charge on any atom is -0.356 e. The molecule has 0 aromatic carbocycles. The summed E-state index contributed by atoms with van der Waals surface area (Å²) >= 11 is 0. The number of hydrogen-bond acceptors (Lipinski definition) is 6. The number of nitrogens with zero attached hydrogens (tertiary/aromatic N) is 2. The Kier molecular flexibility index (Phi) is 14.5. The third-order valence-corrected chi connectivity index (χ3v) is 5.49. The van der Waals surface area contributed by atoms with Gasteiger partial charge in [0.15, 0.2) is 11.9 Å². The largest absolute Gasteiger partial charge is 0.356 e. The van der Waals surface area contributed by atoms with Gasteiger partial charge in [-0.3, -0.25) is 9.98 Å². The van der Waals surface area contributed by atoms with Crippen LogP contribution in [0.4, 0.5) is 0 Å². The fraction of sp³-hybridized carbons (Fsp3) is 0.909. The highest BCUT2D eigenvalue weighted by atomic mass is 127. The molecule has 0 radical (unpaired) electrons. The van der Waals surface area contributed by atoms with Crippen molar-refractivity contribution in [3.63, 3.8) is 0 Å². The number of halogens is 1. The van der Waals surface area contributed by atoms with E-state index in [-0.39, 0.29) is 24.0 Å². The van der Waals surface area contributed by atoms with Crippen LogP contribution in [-0.2, 0) is 0 Å². The van der Waals surface area contributed by atoms with E-state index >= 15 is 0 Å². The first-order valence-electron chi connectivity index (χ1n) is 11.7. The van der Waals surface area contributed by atoms with Crippen LogP contribution < -0.4 is 21.3 Å². The van der Waals surface area contributed by atoms with Crippen molar-refractivity contribution >= 4 is 35.9 Å². The van der Waals surface area contributed by atoms with Crippen LogP contribution in [0.5, 0.6) is 0 Å². The molecule has 0 aliphatic carbocycles. The molecule has 0 fully saturated rings. The SMILES string of the molecule is CC1(C)CN=C(NCCCCCCCCCCCCNC2=NCCCN2)NC1.I. The normalized spacial score (nSPS) is 17.9. The highest BCUT2D eigenvalue weighted by Crippen LogP contribution is 2.16. The van der Waals surface area contributed by atoms with Gasteiger partial charge in [-0.15, -0.1) is 24.0 Å². The summed E-state index contributed by atoms with van der Waals surface area (Å²) in [5.41, 5.74) is 0.295. The van der Waals surface area contributed by atoms with Crippen LogP contribution in [-0.4, -0.2) is 51.2 Å². The van der Waals surface area contributed by atoms with E-state index in [1.807, 2.05) is 0 Å². The Morgan fingerprint density at radius 3 is 1.72 bits per heavy atom. The number of guanidine groups is 2. The molecule has 0 unspecified atom stereocenters. The lowest BCUT2D eigenvalue weighted by atomic mass is 9.93. The molecule has 4 N–H and O–H groups in total. The molecule has 2 aliphatic heterocycles. The number of hydrogen-bond donors (Lipinski definition) is 4. The first kappa shape index (κ1) is 26.3. The van der Waals surface area contributed by atoms with Crippen LogP contribution in [0.3, 0.4) is 0 Å². The zero-order valence-electron chi connectivity index (χ0n) is 18.8. The Morgan fingerprint density at radius 1 is 0.759 bits per heavy atom. The molecule has 0 bridgehead atoms.